The molecule has 0 saturated carbocycles. The number of benzene rings is 2. The van der Waals surface area contributed by atoms with E-state index in [2.05, 4.69) is 46.7 Å². The second-order valence-corrected chi connectivity index (χ2v) is 5.96. The lowest BCUT2D eigenvalue weighted by molar-refractivity contribution is 0.174. The van der Waals surface area contributed by atoms with Gasteiger partial charge in [0.2, 0.25) is 6.79 Å². The van der Waals surface area contributed by atoms with Gasteiger partial charge in [0.25, 0.3) is 0 Å². The highest BCUT2D eigenvalue weighted by atomic mass is 16.7. The Bertz CT molecular complexity index is 930. The van der Waals surface area contributed by atoms with E-state index in [1.54, 1.807) is 0 Å². The number of ether oxygens (including phenoxy) is 2. The molecule has 0 atom stereocenters. The molecule has 5 heteroatoms. The van der Waals surface area contributed by atoms with E-state index in [9.17, 15) is 0 Å². The summed E-state index contributed by atoms with van der Waals surface area (Å²) < 4.78 is 11.0. The molecule has 1 aliphatic carbocycles. The molecule has 0 unspecified atom stereocenters. The number of nitrogens with zero attached hydrogens (tertiary/aromatic N) is 1. The van der Waals surface area contributed by atoms with E-state index in [1.807, 2.05) is 12.1 Å². The fourth-order valence-electron chi connectivity index (χ4n) is 3.27. The van der Waals surface area contributed by atoms with Gasteiger partial charge in [0, 0.05) is 23.2 Å². The first-order chi connectivity index (χ1) is 11.3. The third-order valence-corrected chi connectivity index (χ3v) is 4.38. The second kappa shape index (κ2) is 4.52. The van der Waals surface area contributed by atoms with Crippen LogP contribution in [0, 0.1) is 6.92 Å². The summed E-state index contributed by atoms with van der Waals surface area (Å²) in [5.41, 5.74) is 6.81. The molecule has 5 nitrogen and oxygen atoms in total. The predicted octanol–water partition coefficient (Wildman–Crippen LogP) is 3.76. The molecule has 114 valence electrons. The van der Waals surface area contributed by atoms with Crippen molar-refractivity contribution in [1.29, 1.82) is 0 Å². The number of anilines is 2. The van der Waals surface area contributed by atoms with Crippen LogP contribution < -0.4 is 14.8 Å². The standard InChI is InChI=1S/C18H15N3O2/c1-10-3-2-4-12(5-10)19-18-14-6-11-7-15-16(23-9-22-15)8-13(11)17(14)20-21-18/h2-5,7-8H,6,9H2,1H3,(H2,19,20,21). The van der Waals surface area contributed by atoms with Crippen LogP contribution in [0.15, 0.2) is 36.4 Å². The van der Waals surface area contributed by atoms with Crippen LogP contribution in [-0.4, -0.2) is 17.0 Å². The average Bonchev–Trinajstić information content (AvgIpc) is 3.21. The molecule has 2 N–H and O–H groups in total. The Morgan fingerprint density at radius 3 is 2.87 bits per heavy atom. The van der Waals surface area contributed by atoms with Crippen molar-refractivity contribution in [3.05, 3.63) is 53.1 Å². The van der Waals surface area contributed by atoms with Gasteiger partial charge in [0.05, 0.1) is 5.69 Å². The van der Waals surface area contributed by atoms with Crippen molar-refractivity contribution in [1.82, 2.24) is 10.2 Å². The lowest BCUT2D eigenvalue weighted by atomic mass is 10.1. The van der Waals surface area contributed by atoms with Crippen molar-refractivity contribution >= 4 is 11.5 Å². The highest BCUT2D eigenvalue weighted by Crippen LogP contribution is 2.45. The van der Waals surface area contributed by atoms with Crippen molar-refractivity contribution in [2.24, 2.45) is 0 Å². The number of hydrogen-bond acceptors (Lipinski definition) is 4. The van der Waals surface area contributed by atoms with E-state index in [4.69, 9.17) is 9.47 Å². The minimum Gasteiger partial charge on any atom is -0.454 e. The van der Waals surface area contributed by atoms with E-state index in [0.717, 1.165) is 40.7 Å². The fraction of sp³-hybridized carbons (Fsp3) is 0.167. The average molecular weight is 305 g/mol. The van der Waals surface area contributed by atoms with Crippen LogP contribution in [0.3, 0.4) is 0 Å². The van der Waals surface area contributed by atoms with Crippen LogP contribution >= 0.6 is 0 Å². The highest BCUT2D eigenvalue weighted by Gasteiger charge is 2.28. The smallest absolute Gasteiger partial charge is 0.231 e. The predicted molar refractivity (Wildman–Crippen MR) is 87.4 cm³/mol. The topological polar surface area (TPSA) is 59.2 Å². The summed E-state index contributed by atoms with van der Waals surface area (Å²) in [5.74, 6) is 2.57. The number of hydrogen-bond donors (Lipinski definition) is 2. The lowest BCUT2D eigenvalue weighted by Gasteiger charge is -2.06. The molecule has 0 saturated heterocycles. The molecule has 0 amide bonds. The summed E-state index contributed by atoms with van der Waals surface area (Å²) in [6.07, 6.45) is 0.839. The minimum atomic E-state index is 0.297. The van der Waals surface area contributed by atoms with Crippen LogP contribution in [0.2, 0.25) is 0 Å². The minimum absolute atomic E-state index is 0.297. The molecule has 2 heterocycles. The van der Waals surface area contributed by atoms with Crippen LogP contribution in [0.1, 0.15) is 16.7 Å². The Hall–Kier alpha value is -2.95. The van der Waals surface area contributed by atoms with Gasteiger partial charge in [-0.3, -0.25) is 5.10 Å². The van der Waals surface area contributed by atoms with Crippen molar-refractivity contribution in [2.75, 3.05) is 12.1 Å². The Kier molecular flexibility index (Phi) is 2.47. The van der Waals surface area contributed by atoms with E-state index >= 15 is 0 Å². The first-order valence-corrected chi connectivity index (χ1v) is 7.62. The molecule has 3 aromatic rings. The first kappa shape index (κ1) is 12.6. The quantitative estimate of drug-likeness (QED) is 0.592. The van der Waals surface area contributed by atoms with Crippen molar-refractivity contribution in [3.63, 3.8) is 0 Å². The van der Waals surface area contributed by atoms with Crippen LogP contribution in [0.4, 0.5) is 11.5 Å². The SMILES string of the molecule is Cc1cccc(Nc2[nH]nc3c2Cc2cc4c(cc2-3)OCO4)c1. The van der Waals surface area contributed by atoms with Crippen molar-refractivity contribution in [3.8, 4) is 22.8 Å². The molecule has 1 aromatic heterocycles. The number of H-pyrrole nitrogens is 1. The Morgan fingerprint density at radius 2 is 2.00 bits per heavy atom. The lowest BCUT2D eigenvalue weighted by Crippen LogP contribution is -1.95. The van der Waals surface area contributed by atoms with Gasteiger partial charge in [0.1, 0.15) is 5.82 Å². The molecule has 2 aromatic carbocycles. The van der Waals surface area contributed by atoms with Gasteiger partial charge < -0.3 is 14.8 Å². The molecule has 0 spiro atoms. The molecule has 0 bridgehead atoms. The summed E-state index contributed by atoms with van der Waals surface area (Å²) in [6, 6.07) is 12.4. The molecule has 0 radical (unpaired) electrons. The molecular weight excluding hydrogens is 290 g/mol. The van der Waals surface area contributed by atoms with Crippen molar-refractivity contribution in [2.45, 2.75) is 13.3 Å². The zero-order valence-electron chi connectivity index (χ0n) is 12.6. The monoisotopic (exact) mass is 305 g/mol. The summed E-state index contributed by atoms with van der Waals surface area (Å²) in [4.78, 5) is 0. The molecule has 2 aliphatic rings. The molecule has 1 aliphatic heterocycles. The van der Waals surface area contributed by atoms with Crippen LogP contribution in [-0.2, 0) is 6.42 Å². The molecule has 5 rings (SSSR count). The Balaban J connectivity index is 1.53. The highest BCUT2D eigenvalue weighted by molar-refractivity contribution is 5.81. The maximum atomic E-state index is 5.48. The van der Waals surface area contributed by atoms with E-state index in [0.29, 0.717) is 6.79 Å². The summed E-state index contributed by atoms with van der Waals surface area (Å²) in [6.45, 7) is 2.38. The maximum absolute atomic E-state index is 5.48. The van der Waals surface area contributed by atoms with E-state index in [-0.39, 0.29) is 0 Å². The largest absolute Gasteiger partial charge is 0.454 e. The number of rotatable bonds is 2. The summed E-state index contributed by atoms with van der Waals surface area (Å²) in [7, 11) is 0. The van der Waals surface area contributed by atoms with Gasteiger partial charge in [-0.1, -0.05) is 12.1 Å². The fourth-order valence-corrected chi connectivity index (χ4v) is 3.27. The van der Waals surface area contributed by atoms with E-state index in [1.165, 1.54) is 16.7 Å². The second-order valence-electron chi connectivity index (χ2n) is 5.96. The number of fused-ring (bicyclic) bond motifs is 4. The molecule has 23 heavy (non-hydrogen) atoms. The molecular formula is C18H15N3O2. The van der Waals surface area contributed by atoms with Crippen LogP contribution in [0.25, 0.3) is 11.3 Å². The Labute approximate surface area is 133 Å². The number of aromatic nitrogens is 2. The number of aromatic amines is 1. The summed E-state index contributed by atoms with van der Waals surface area (Å²) in [5, 5.41) is 11.1. The van der Waals surface area contributed by atoms with E-state index < -0.39 is 0 Å². The number of aryl methyl sites for hydroxylation is 1. The third-order valence-electron chi connectivity index (χ3n) is 4.38. The normalized spacial score (nSPS) is 13.8. The van der Waals surface area contributed by atoms with Gasteiger partial charge in [-0.25, -0.2) is 0 Å². The zero-order chi connectivity index (χ0) is 15.4. The van der Waals surface area contributed by atoms with Crippen molar-refractivity contribution < 1.29 is 9.47 Å². The number of nitrogens with one attached hydrogen (secondary N) is 2. The maximum Gasteiger partial charge on any atom is 0.231 e. The Morgan fingerprint density at radius 1 is 1.13 bits per heavy atom. The zero-order valence-corrected chi connectivity index (χ0v) is 12.6. The van der Waals surface area contributed by atoms with Gasteiger partial charge >= 0.3 is 0 Å². The van der Waals surface area contributed by atoms with Gasteiger partial charge in [-0.15, -0.1) is 0 Å². The van der Waals surface area contributed by atoms with Gasteiger partial charge in [-0.2, -0.15) is 5.10 Å². The van der Waals surface area contributed by atoms with Gasteiger partial charge in [0.15, 0.2) is 11.5 Å². The third kappa shape index (κ3) is 1.90. The molecule has 0 fully saturated rings. The summed E-state index contributed by atoms with van der Waals surface area (Å²) >= 11 is 0. The van der Waals surface area contributed by atoms with Gasteiger partial charge in [-0.05, 0) is 42.3 Å². The van der Waals surface area contributed by atoms with Crippen LogP contribution in [0.5, 0.6) is 11.5 Å². The first-order valence-electron chi connectivity index (χ1n) is 7.62.